The molecule has 0 saturated carbocycles. The van der Waals surface area contributed by atoms with Crippen LogP contribution >= 0.6 is 0 Å². The van der Waals surface area contributed by atoms with Gasteiger partial charge in [-0.3, -0.25) is 0 Å². The lowest BCUT2D eigenvalue weighted by molar-refractivity contribution is -0.202. The second-order valence-corrected chi connectivity index (χ2v) is 6.54. The highest BCUT2D eigenvalue weighted by Gasteiger charge is 2.46. The SMILES string of the molecule is CCCCCCC(C)(CCCCCC)[C@H](C)C(F)(F)F. The molecule has 0 aliphatic heterocycles. The molecule has 0 spiro atoms. The molecule has 122 valence electrons. The van der Waals surface area contributed by atoms with E-state index in [2.05, 4.69) is 13.8 Å². The van der Waals surface area contributed by atoms with Gasteiger partial charge in [0, 0.05) is 0 Å². The number of alkyl halides is 3. The zero-order valence-electron chi connectivity index (χ0n) is 13.8. The van der Waals surface area contributed by atoms with Crippen LogP contribution in [0, 0.1) is 11.3 Å². The lowest BCUT2D eigenvalue weighted by Crippen LogP contribution is -2.36. The molecule has 0 bridgehead atoms. The summed E-state index contributed by atoms with van der Waals surface area (Å²) in [5, 5.41) is 0. The summed E-state index contributed by atoms with van der Waals surface area (Å²) in [6, 6.07) is 0. The van der Waals surface area contributed by atoms with Gasteiger partial charge in [-0.2, -0.15) is 13.2 Å². The summed E-state index contributed by atoms with van der Waals surface area (Å²) in [7, 11) is 0. The number of rotatable bonds is 11. The molecule has 0 nitrogen and oxygen atoms in total. The van der Waals surface area contributed by atoms with Gasteiger partial charge in [0.1, 0.15) is 0 Å². The van der Waals surface area contributed by atoms with Crippen LogP contribution in [0.15, 0.2) is 0 Å². The average Bonchev–Trinajstić information content (AvgIpc) is 2.38. The minimum Gasteiger partial charge on any atom is -0.171 e. The third kappa shape index (κ3) is 7.54. The Morgan fingerprint density at radius 1 is 0.750 bits per heavy atom. The number of halogens is 3. The van der Waals surface area contributed by atoms with E-state index in [9.17, 15) is 13.2 Å². The Hall–Kier alpha value is -0.210. The van der Waals surface area contributed by atoms with Crippen LogP contribution < -0.4 is 0 Å². The van der Waals surface area contributed by atoms with Crippen LogP contribution in [0.3, 0.4) is 0 Å². The van der Waals surface area contributed by atoms with Crippen molar-refractivity contribution in [3.05, 3.63) is 0 Å². The van der Waals surface area contributed by atoms with Crippen LogP contribution in [0.1, 0.15) is 91.9 Å². The first-order chi connectivity index (χ1) is 9.28. The molecule has 0 aliphatic rings. The van der Waals surface area contributed by atoms with Gasteiger partial charge in [-0.25, -0.2) is 0 Å². The third-order valence-corrected chi connectivity index (χ3v) is 4.74. The molecule has 0 amide bonds. The Bertz CT molecular complexity index is 221. The second-order valence-electron chi connectivity index (χ2n) is 6.54. The fraction of sp³-hybridized carbons (Fsp3) is 1.00. The highest BCUT2D eigenvalue weighted by Crippen LogP contribution is 2.46. The first-order valence-electron chi connectivity index (χ1n) is 8.34. The Morgan fingerprint density at radius 3 is 1.45 bits per heavy atom. The van der Waals surface area contributed by atoms with Crippen molar-refractivity contribution in [1.29, 1.82) is 0 Å². The topological polar surface area (TPSA) is 0 Å². The second kappa shape index (κ2) is 9.68. The van der Waals surface area contributed by atoms with Crippen molar-refractivity contribution in [2.45, 2.75) is 98.1 Å². The summed E-state index contributed by atoms with van der Waals surface area (Å²) in [6.07, 6.45) is 5.85. The standard InChI is InChI=1S/C17H33F3/c1-5-7-9-11-13-16(4,14-12-10-8-6-2)15(3)17(18,19)20/h15H,5-14H2,1-4H3/t15-/m0/s1. The van der Waals surface area contributed by atoms with Crippen molar-refractivity contribution in [2.24, 2.45) is 11.3 Å². The largest absolute Gasteiger partial charge is 0.392 e. The van der Waals surface area contributed by atoms with Gasteiger partial charge in [-0.15, -0.1) is 0 Å². The van der Waals surface area contributed by atoms with E-state index in [0.29, 0.717) is 12.8 Å². The zero-order valence-corrected chi connectivity index (χ0v) is 13.8. The molecule has 0 aliphatic carbocycles. The van der Waals surface area contributed by atoms with E-state index in [1.165, 1.54) is 6.92 Å². The Balaban J connectivity index is 4.49. The summed E-state index contributed by atoms with van der Waals surface area (Å²) in [6.45, 7) is 7.48. The smallest absolute Gasteiger partial charge is 0.171 e. The molecular formula is C17H33F3. The first kappa shape index (κ1) is 19.8. The molecular weight excluding hydrogens is 261 g/mol. The summed E-state index contributed by atoms with van der Waals surface area (Å²) in [5.74, 6) is -1.20. The lowest BCUT2D eigenvalue weighted by Gasteiger charge is -2.37. The van der Waals surface area contributed by atoms with Gasteiger partial charge in [0.05, 0.1) is 5.92 Å². The minimum atomic E-state index is -4.07. The molecule has 0 fully saturated rings. The number of unbranched alkanes of at least 4 members (excludes halogenated alkanes) is 6. The highest BCUT2D eigenvalue weighted by molar-refractivity contribution is 4.84. The Labute approximate surface area is 123 Å². The molecule has 0 heterocycles. The normalized spacial score (nSPS) is 14.6. The molecule has 1 atom stereocenters. The predicted molar refractivity (Wildman–Crippen MR) is 80.8 cm³/mol. The molecule has 20 heavy (non-hydrogen) atoms. The van der Waals surface area contributed by atoms with Crippen molar-refractivity contribution in [3.8, 4) is 0 Å². The third-order valence-electron chi connectivity index (χ3n) is 4.74. The van der Waals surface area contributed by atoms with Gasteiger partial charge >= 0.3 is 6.18 Å². The Morgan fingerprint density at radius 2 is 1.15 bits per heavy atom. The average molecular weight is 294 g/mol. The van der Waals surface area contributed by atoms with Gasteiger partial charge in [0.2, 0.25) is 0 Å². The number of hydrogen-bond donors (Lipinski definition) is 0. The van der Waals surface area contributed by atoms with Crippen molar-refractivity contribution in [2.75, 3.05) is 0 Å². The number of hydrogen-bond acceptors (Lipinski definition) is 0. The van der Waals surface area contributed by atoms with Crippen LogP contribution in [0.2, 0.25) is 0 Å². The molecule has 0 saturated heterocycles. The van der Waals surface area contributed by atoms with E-state index in [0.717, 1.165) is 51.4 Å². The minimum absolute atomic E-state index is 0.584. The molecule has 0 N–H and O–H groups in total. The van der Waals surface area contributed by atoms with E-state index < -0.39 is 17.5 Å². The van der Waals surface area contributed by atoms with Crippen LogP contribution in [0.25, 0.3) is 0 Å². The van der Waals surface area contributed by atoms with Crippen LogP contribution in [-0.4, -0.2) is 6.18 Å². The van der Waals surface area contributed by atoms with Crippen molar-refractivity contribution in [3.63, 3.8) is 0 Å². The van der Waals surface area contributed by atoms with Gasteiger partial charge in [-0.1, -0.05) is 79.1 Å². The van der Waals surface area contributed by atoms with E-state index in [1.807, 2.05) is 6.92 Å². The summed E-state index contributed by atoms with van der Waals surface area (Å²) < 4.78 is 39.3. The van der Waals surface area contributed by atoms with Crippen molar-refractivity contribution >= 4 is 0 Å². The fourth-order valence-corrected chi connectivity index (χ4v) is 2.86. The molecule has 3 heteroatoms. The van der Waals surface area contributed by atoms with Crippen LogP contribution in [-0.2, 0) is 0 Å². The Kier molecular flexibility index (Phi) is 9.58. The molecule has 0 radical (unpaired) electrons. The maximum absolute atomic E-state index is 13.1. The van der Waals surface area contributed by atoms with Crippen LogP contribution in [0.5, 0.6) is 0 Å². The fourth-order valence-electron chi connectivity index (χ4n) is 2.86. The molecule has 0 aromatic heterocycles. The monoisotopic (exact) mass is 294 g/mol. The van der Waals surface area contributed by atoms with E-state index >= 15 is 0 Å². The summed E-state index contributed by atoms with van der Waals surface area (Å²) in [5.41, 5.74) is -0.584. The van der Waals surface area contributed by atoms with Gasteiger partial charge in [0.15, 0.2) is 0 Å². The maximum Gasteiger partial charge on any atom is 0.392 e. The van der Waals surface area contributed by atoms with E-state index in [-0.39, 0.29) is 0 Å². The summed E-state index contributed by atoms with van der Waals surface area (Å²) in [4.78, 5) is 0. The van der Waals surface area contributed by atoms with Gasteiger partial charge in [0.25, 0.3) is 0 Å². The maximum atomic E-state index is 13.1. The summed E-state index contributed by atoms with van der Waals surface area (Å²) >= 11 is 0. The molecule has 0 rings (SSSR count). The van der Waals surface area contributed by atoms with Crippen molar-refractivity contribution < 1.29 is 13.2 Å². The molecule has 0 aromatic rings. The zero-order chi connectivity index (χ0) is 15.6. The van der Waals surface area contributed by atoms with E-state index in [4.69, 9.17) is 0 Å². The predicted octanol–water partition coefficient (Wildman–Crippen LogP) is 7.13. The molecule has 0 unspecified atom stereocenters. The van der Waals surface area contributed by atoms with Gasteiger partial charge in [-0.05, 0) is 18.3 Å². The quantitative estimate of drug-likeness (QED) is 0.355. The van der Waals surface area contributed by atoms with Crippen LogP contribution in [0.4, 0.5) is 13.2 Å². The van der Waals surface area contributed by atoms with Crippen molar-refractivity contribution in [1.82, 2.24) is 0 Å². The highest BCUT2D eigenvalue weighted by atomic mass is 19.4. The van der Waals surface area contributed by atoms with E-state index in [1.54, 1.807) is 0 Å². The lowest BCUT2D eigenvalue weighted by atomic mass is 9.70. The first-order valence-corrected chi connectivity index (χ1v) is 8.34. The van der Waals surface area contributed by atoms with Gasteiger partial charge < -0.3 is 0 Å². The molecule has 0 aromatic carbocycles.